The highest BCUT2D eigenvalue weighted by Crippen LogP contribution is 2.39. The Morgan fingerprint density at radius 1 is 0.833 bits per heavy atom. The number of rotatable bonds is 5. The minimum atomic E-state index is -1.09. The maximum absolute atomic E-state index is 15.6. The fourth-order valence-corrected chi connectivity index (χ4v) is 7.02. The van der Waals surface area contributed by atoms with E-state index in [-0.39, 0.29) is 36.1 Å². The second-order valence-electron chi connectivity index (χ2n) is 11.4. The molecule has 8 nitrogen and oxygen atoms in total. The highest BCUT2D eigenvalue weighted by atomic mass is 35.5. The first-order chi connectivity index (χ1) is 20.3. The van der Waals surface area contributed by atoms with E-state index in [9.17, 15) is 19.2 Å². The predicted molar refractivity (Wildman–Crippen MR) is 155 cm³/mol. The van der Waals surface area contributed by atoms with Crippen LogP contribution in [0.1, 0.15) is 52.0 Å². The molecule has 0 aromatic heterocycles. The van der Waals surface area contributed by atoms with E-state index in [4.69, 9.17) is 11.6 Å². The van der Waals surface area contributed by atoms with Crippen LogP contribution >= 0.6 is 11.6 Å². The molecule has 0 saturated carbocycles. The van der Waals surface area contributed by atoms with Gasteiger partial charge in [0.15, 0.2) is 0 Å². The summed E-state index contributed by atoms with van der Waals surface area (Å²) in [7, 11) is 0. The quantitative estimate of drug-likeness (QED) is 0.446. The van der Waals surface area contributed by atoms with Crippen LogP contribution in [0.5, 0.6) is 0 Å². The molecule has 5 aliphatic rings. The van der Waals surface area contributed by atoms with Crippen LogP contribution in [0.2, 0.25) is 5.02 Å². The van der Waals surface area contributed by atoms with Crippen LogP contribution in [-0.2, 0) is 16.1 Å². The Morgan fingerprint density at radius 3 is 2.26 bits per heavy atom. The maximum Gasteiger partial charge on any atom is 0.262 e. The monoisotopic (exact) mass is 586 g/mol. The van der Waals surface area contributed by atoms with Gasteiger partial charge in [0.1, 0.15) is 11.9 Å². The first-order valence-electron chi connectivity index (χ1n) is 14.2. The van der Waals surface area contributed by atoms with Gasteiger partial charge in [-0.1, -0.05) is 48.0 Å². The normalized spacial score (nSPS) is 23.9. The first-order valence-corrected chi connectivity index (χ1v) is 14.6. The summed E-state index contributed by atoms with van der Waals surface area (Å²) in [6, 6.07) is 17.9. The molecular formula is C32H28ClFN4O4. The molecule has 0 spiro atoms. The van der Waals surface area contributed by atoms with Crippen LogP contribution < -0.4 is 10.2 Å². The highest BCUT2D eigenvalue weighted by Gasteiger charge is 2.46. The number of hydrogen-bond acceptors (Lipinski definition) is 6. The lowest BCUT2D eigenvalue weighted by atomic mass is 9.88. The van der Waals surface area contributed by atoms with Gasteiger partial charge in [-0.3, -0.25) is 34.3 Å². The Hall–Kier alpha value is -4.08. The molecule has 5 aliphatic heterocycles. The van der Waals surface area contributed by atoms with E-state index in [1.807, 2.05) is 41.3 Å². The van der Waals surface area contributed by atoms with Crippen molar-refractivity contribution in [1.29, 1.82) is 0 Å². The van der Waals surface area contributed by atoms with Gasteiger partial charge in [-0.05, 0) is 60.2 Å². The molecule has 5 heterocycles. The molecule has 3 atom stereocenters. The molecule has 3 aromatic carbocycles. The smallest absolute Gasteiger partial charge is 0.262 e. The lowest BCUT2D eigenvalue weighted by molar-refractivity contribution is -0.136. The van der Waals surface area contributed by atoms with Crippen molar-refractivity contribution in [3.63, 3.8) is 0 Å². The minimum absolute atomic E-state index is 0.0287. The van der Waals surface area contributed by atoms with Crippen molar-refractivity contribution in [1.82, 2.24) is 15.1 Å². The molecular weight excluding hydrogens is 559 g/mol. The van der Waals surface area contributed by atoms with Crippen molar-refractivity contribution in [2.24, 2.45) is 0 Å². The van der Waals surface area contributed by atoms with Gasteiger partial charge in [0.05, 0.1) is 16.8 Å². The number of nitrogens with zero attached hydrogens (tertiary/aromatic N) is 3. The molecule has 0 radical (unpaired) electrons. The van der Waals surface area contributed by atoms with E-state index >= 15 is 4.39 Å². The second kappa shape index (κ2) is 10.3. The van der Waals surface area contributed by atoms with Crippen molar-refractivity contribution in [3.05, 3.63) is 88.2 Å². The van der Waals surface area contributed by atoms with Crippen LogP contribution in [0, 0.1) is 5.82 Å². The summed E-state index contributed by atoms with van der Waals surface area (Å²) >= 11 is 6.11. The van der Waals surface area contributed by atoms with Gasteiger partial charge in [-0.25, -0.2) is 4.39 Å². The number of nitrogens with one attached hydrogen (secondary N) is 1. The molecule has 214 valence electrons. The number of benzene rings is 3. The van der Waals surface area contributed by atoms with E-state index in [1.165, 1.54) is 11.6 Å². The number of piperidine rings is 3. The van der Waals surface area contributed by atoms with Gasteiger partial charge in [-0.15, -0.1) is 0 Å². The number of anilines is 1. The zero-order valence-corrected chi connectivity index (χ0v) is 23.4. The number of piperazine rings is 1. The van der Waals surface area contributed by atoms with Crippen LogP contribution in [0.15, 0.2) is 60.7 Å². The summed E-state index contributed by atoms with van der Waals surface area (Å²) in [6.45, 7) is 2.10. The first kappa shape index (κ1) is 26.8. The van der Waals surface area contributed by atoms with E-state index in [0.29, 0.717) is 17.3 Å². The summed E-state index contributed by atoms with van der Waals surface area (Å²) < 4.78 is 15.6. The number of carbonyl (C=O) groups excluding carboxylic acids is 4. The molecule has 42 heavy (non-hydrogen) atoms. The summed E-state index contributed by atoms with van der Waals surface area (Å²) in [6.07, 6.45) is 1.96. The summed E-state index contributed by atoms with van der Waals surface area (Å²) in [5.74, 6) is -3.03. The van der Waals surface area contributed by atoms with Gasteiger partial charge >= 0.3 is 0 Å². The fraction of sp³-hybridized carbons (Fsp3) is 0.312. The van der Waals surface area contributed by atoms with Gasteiger partial charge in [-0.2, -0.15) is 0 Å². The molecule has 0 aliphatic carbocycles. The third-order valence-electron chi connectivity index (χ3n) is 9.01. The van der Waals surface area contributed by atoms with Crippen molar-refractivity contribution >= 4 is 40.9 Å². The number of hydrogen-bond donors (Lipinski definition) is 1. The average molecular weight is 587 g/mol. The van der Waals surface area contributed by atoms with E-state index in [1.54, 1.807) is 0 Å². The predicted octanol–water partition coefficient (Wildman–Crippen LogP) is 4.40. The van der Waals surface area contributed by atoms with Crippen LogP contribution in [0.4, 0.5) is 10.1 Å². The standard InChI is InChI=1S/C32H28ClFN4O4/c33-20-7-5-18(6-8-20)23-4-2-1-3-19(23)15-36-16-22-10-9-21(36)17-37(22)28-14-25-24(13-26(28)34)31(41)38(32(25)42)27-11-12-29(39)35-30(27)40/h1-8,13-14,21-22,27H,9-12,15-17H2,(H,35,39,40). The van der Waals surface area contributed by atoms with E-state index < -0.39 is 35.5 Å². The molecule has 4 fully saturated rings. The third kappa shape index (κ3) is 4.48. The molecule has 1 N–H and O–H groups in total. The van der Waals surface area contributed by atoms with Crippen molar-refractivity contribution in [2.75, 3.05) is 18.0 Å². The van der Waals surface area contributed by atoms with Gasteiger partial charge in [0, 0.05) is 43.2 Å². The Morgan fingerprint density at radius 2 is 1.55 bits per heavy atom. The van der Waals surface area contributed by atoms with Gasteiger partial charge in [0.2, 0.25) is 11.8 Å². The lowest BCUT2D eigenvalue weighted by Crippen LogP contribution is -2.62. The van der Waals surface area contributed by atoms with Gasteiger partial charge in [0.25, 0.3) is 11.8 Å². The molecule has 4 saturated heterocycles. The third-order valence-corrected chi connectivity index (χ3v) is 9.26. The molecule has 4 amide bonds. The molecule has 2 bridgehead atoms. The molecule has 3 unspecified atom stereocenters. The number of fused-ring (bicyclic) bond motifs is 4. The fourth-order valence-electron chi connectivity index (χ4n) is 6.89. The number of imide groups is 2. The summed E-state index contributed by atoms with van der Waals surface area (Å²) in [4.78, 5) is 55.8. The zero-order valence-electron chi connectivity index (χ0n) is 22.7. The number of halogens is 2. The zero-order chi connectivity index (χ0) is 29.1. The Bertz CT molecular complexity index is 1640. The average Bonchev–Trinajstić information content (AvgIpc) is 3.22. The highest BCUT2D eigenvalue weighted by molar-refractivity contribution is 6.30. The van der Waals surface area contributed by atoms with Crippen molar-refractivity contribution in [3.8, 4) is 11.1 Å². The van der Waals surface area contributed by atoms with Crippen LogP contribution in [0.3, 0.4) is 0 Å². The summed E-state index contributed by atoms with van der Waals surface area (Å²) in [5, 5.41) is 2.88. The SMILES string of the molecule is O=C1CCC(N2C(=O)c3cc(F)c(N4CC5CCC4CN5Cc4ccccc4-c4ccc(Cl)cc4)cc3C2=O)C(=O)N1. The van der Waals surface area contributed by atoms with E-state index in [2.05, 4.69) is 22.3 Å². The van der Waals surface area contributed by atoms with Crippen LogP contribution in [0.25, 0.3) is 11.1 Å². The van der Waals surface area contributed by atoms with Gasteiger partial charge < -0.3 is 4.90 Å². The largest absolute Gasteiger partial charge is 0.363 e. The number of carbonyl (C=O) groups is 4. The Labute approximate surface area is 247 Å². The second-order valence-corrected chi connectivity index (χ2v) is 11.9. The topological polar surface area (TPSA) is 90.0 Å². The van der Waals surface area contributed by atoms with Crippen molar-refractivity contribution in [2.45, 2.75) is 50.4 Å². The van der Waals surface area contributed by atoms with E-state index in [0.717, 1.165) is 48.0 Å². The minimum Gasteiger partial charge on any atom is -0.363 e. The lowest BCUT2D eigenvalue weighted by Gasteiger charge is -2.52. The Balaban J connectivity index is 1.12. The molecule has 10 heteroatoms. The van der Waals surface area contributed by atoms with Crippen molar-refractivity contribution < 1.29 is 23.6 Å². The molecule has 3 aromatic rings. The number of amides is 4. The summed E-state index contributed by atoms with van der Waals surface area (Å²) in [5.41, 5.74) is 3.81. The Kier molecular flexibility index (Phi) is 6.59. The molecule has 8 rings (SSSR count). The van der Waals surface area contributed by atoms with Crippen LogP contribution in [-0.4, -0.2) is 64.6 Å². The maximum atomic E-state index is 15.6.